The van der Waals surface area contributed by atoms with Crippen molar-refractivity contribution in [1.82, 2.24) is 25.5 Å². The summed E-state index contributed by atoms with van der Waals surface area (Å²) in [7, 11) is 0. The lowest BCUT2D eigenvalue weighted by Crippen LogP contribution is -2.23. The molecule has 2 rings (SSSR count). The number of hydrogen-bond donors (Lipinski definition) is 2. The number of anilines is 1. The summed E-state index contributed by atoms with van der Waals surface area (Å²) in [6.45, 7) is 4.85. The zero-order valence-corrected chi connectivity index (χ0v) is 11.5. The van der Waals surface area contributed by atoms with Gasteiger partial charge in [-0.1, -0.05) is 11.3 Å². The van der Waals surface area contributed by atoms with Crippen molar-refractivity contribution in [1.29, 1.82) is 0 Å². The van der Waals surface area contributed by atoms with E-state index in [4.69, 9.17) is 0 Å². The molecular weight excluding hydrogens is 264 g/mol. The van der Waals surface area contributed by atoms with Gasteiger partial charge in [-0.05, 0) is 19.9 Å². The topological polar surface area (TPSA) is 92.7 Å². The van der Waals surface area contributed by atoms with E-state index in [2.05, 4.69) is 30.8 Å². The Bertz CT molecular complexity index is 570. The van der Waals surface area contributed by atoms with Gasteiger partial charge in [-0.15, -0.1) is 10.2 Å². The number of carbonyl (C=O) groups excluding carboxylic acids is 1. The van der Waals surface area contributed by atoms with Crippen molar-refractivity contribution in [2.75, 3.05) is 11.9 Å². The molecule has 0 bridgehead atoms. The molecule has 2 heterocycles. The molecule has 8 heteroatoms. The number of amides is 1. The molecule has 1 amide bonds. The molecule has 19 heavy (non-hydrogen) atoms. The maximum Gasteiger partial charge on any atom is 0.282 e. The monoisotopic (exact) mass is 278 g/mol. The first-order chi connectivity index (χ1) is 9.19. The van der Waals surface area contributed by atoms with Gasteiger partial charge in [-0.2, -0.15) is 0 Å². The fourth-order valence-electron chi connectivity index (χ4n) is 1.39. The summed E-state index contributed by atoms with van der Waals surface area (Å²) in [6, 6.07) is 1.76. The van der Waals surface area contributed by atoms with Crippen LogP contribution in [0.15, 0.2) is 12.3 Å². The molecule has 2 N–H and O–H groups in total. The minimum absolute atomic E-state index is 0.252. The van der Waals surface area contributed by atoms with Gasteiger partial charge in [0.15, 0.2) is 0 Å². The predicted octanol–water partition coefficient (Wildman–Crippen LogP) is 0.998. The predicted molar refractivity (Wildman–Crippen MR) is 72.0 cm³/mol. The number of nitrogens with zero attached hydrogens (tertiary/aromatic N) is 4. The summed E-state index contributed by atoms with van der Waals surface area (Å²) < 4.78 is 0. The minimum atomic E-state index is -0.252. The fourth-order valence-corrected chi connectivity index (χ4v) is 2.12. The second-order valence-corrected chi connectivity index (χ2v) is 4.70. The van der Waals surface area contributed by atoms with Crippen molar-refractivity contribution in [3.63, 3.8) is 0 Å². The van der Waals surface area contributed by atoms with Gasteiger partial charge in [0.05, 0.1) is 12.2 Å². The van der Waals surface area contributed by atoms with Gasteiger partial charge in [0.1, 0.15) is 5.82 Å². The number of rotatable bonds is 5. The van der Waals surface area contributed by atoms with Crippen molar-refractivity contribution >= 4 is 22.4 Å². The lowest BCUT2D eigenvalue weighted by molar-refractivity contribution is 0.0949. The third kappa shape index (κ3) is 3.68. The van der Waals surface area contributed by atoms with E-state index in [1.54, 1.807) is 19.2 Å². The van der Waals surface area contributed by atoms with Crippen molar-refractivity contribution in [3.8, 4) is 0 Å². The molecule has 0 aliphatic heterocycles. The number of carbonyl (C=O) groups is 1. The fraction of sp³-hybridized carbons (Fsp3) is 0.364. The van der Waals surface area contributed by atoms with Crippen LogP contribution in [0.4, 0.5) is 5.13 Å². The molecule has 0 fully saturated rings. The molecule has 0 aliphatic carbocycles. The second kappa shape index (κ2) is 6.19. The van der Waals surface area contributed by atoms with Crippen LogP contribution in [0.2, 0.25) is 0 Å². The Morgan fingerprint density at radius 1 is 1.42 bits per heavy atom. The summed E-state index contributed by atoms with van der Waals surface area (Å²) in [6.07, 6.45) is 1.66. The molecule has 2 aromatic rings. The smallest absolute Gasteiger partial charge is 0.282 e. The molecule has 0 atom stereocenters. The molecule has 0 aromatic carbocycles. The van der Waals surface area contributed by atoms with Crippen LogP contribution in [0.3, 0.4) is 0 Å². The van der Waals surface area contributed by atoms with E-state index in [-0.39, 0.29) is 5.91 Å². The summed E-state index contributed by atoms with van der Waals surface area (Å²) in [4.78, 5) is 20.0. The van der Waals surface area contributed by atoms with Gasteiger partial charge in [0, 0.05) is 12.7 Å². The molecule has 0 unspecified atom stereocenters. The van der Waals surface area contributed by atoms with Crippen LogP contribution in [-0.2, 0) is 6.54 Å². The maximum atomic E-state index is 11.8. The number of nitrogens with one attached hydrogen (secondary N) is 2. The highest BCUT2D eigenvalue weighted by Crippen LogP contribution is 2.14. The quantitative estimate of drug-likeness (QED) is 0.847. The highest BCUT2D eigenvalue weighted by Gasteiger charge is 2.12. The van der Waals surface area contributed by atoms with Crippen LogP contribution in [0.1, 0.15) is 28.2 Å². The second-order valence-electron chi connectivity index (χ2n) is 3.72. The van der Waals surface area contributed by atoms with E-state index in [1.165, 1.54) is 11.3 Å². The lowest BCUT2D eigenvalue weighted by Gasteiger charge is -2.02. The highest BCUT2D eigenvalue weighted by molar-refractivity contribution is 7.17. The first-order valence-electron chi connectivity index (χ1n) is 5.83. The Morgan fingerprint density at radius 2 is 2.26 bits per heavy atom. The standard InChI is InChI=1S/C11H14N6OS/c1-3-12-11-17-16-10(19-11)9(18)14-6-8-4-5-13-7(2)15-8/h4-5H,3,6H2,1-2H3,(H,12,17)(H,14,18). The molecule has 100 valence electrons. The summed E-state index contributed by atoms with van der Waals surface area (Å²) in [5.41, 5.74) is 0.761. The molecule has 0 spiro atoms. The van der Waals surface area contributed by atoms with Gasteiger partial charge in [-0.25, -0.2) is 9.97 Å². The van der Waals surface area contributed by atoms with E-state index >= 15 is 0 Å². The van der Waals surface area contributed by atoms with Crippen LogP contribution in [0.25, 0.3) is 0 Å². The number of aryl methyl sites for hydroxylation is 1. The molecule has 2 aromatic heterocycles. The van der Waals surface area contributed by atoms with Gasteiger partial charge in [0.25, 0.3) is 5.91 Å². The van der Waals surface area contributed by atoms with Crippen LogP contribution in [0.5, 0.6) is 0 Å². The van der Waals surface area contributed by atoms with E-state index in [9.17, 15) is 4.79 Å². The third-order valence-corrected chi connectivity index (χ3v) is 3.09. The molecule has 0 radical (unpaired) electrons. The average molecular weight is 278 g/mol. The van der Waals surface area contributed by atoms with Gasteiger partial charge in [-0.3, -0.25) is 4.79 Å². The normalized spacial score (nSPS) is 10.2. The first-order valence-corrected chi connectivity index (χ1v) is 6.64. The van der Waals surface area contributed by atoms with Gasteiger partial charge in [0.2, 0.25) is 10.1 Å². The maximum absolute atomic E-state index is 11.8. The SMILES string of the molecule is CCNc1nnc(C(=O)NCc2ccnc(C)n2)s1. The van der Waals surface area contributed by atoms with E-state index in [0.29, 0.717) is 22.5 Å². The zero-order chi connectivity index (χ0) is 13.7. The molecular formula is C11H14N6OS. The van der Waals surface area contributed by atoms with E-state index in [0.717, 1.165) is 12.2 Å². The summed E-state index contributed by atoms with van der Waals surface area (Å²) in [5, 5.41) is 14.4. The number of aromatic nitrogens is 4. The van der Waals surface area contributed by atoms with E-state index < -0.39 is 0 Å². The van der Waals surface area contributed by atoms with Crippen molar-refractivity contribution < 1.29 is 4.79 Å². The largest absolute Gasteiger partial charge is 0.360 e. The highest BCUT2D eigenvalue weighted by atomic mass is 32.1. The van der Waals surface area contributed by atoms with E-state index in [1.807, 2.05) is 6.92 Å². The Kier molecular flexibility index (Phi) is 4.35. The Balaban J connectivity index is 1.93. The Hall–Kier alpha value is -2.09. The first kappa shape index (κ1) is 13.3. The van der Waals surface area contributed by atoms with Gasteiger partial charge >= 0.3 is 0 Å². The van der Waals surface area contributed by atoms with Crippen molar-refractivity contribution in [3.05, 3.63) is 28.8 Å². The Labute approximate surface area is 114 Å². The molecule has 0 aliphatic rings. The van der Waals surface area contributed by atoms with Crippen LogP contribution in [0, 0.1) is 6.92 Å². The third-order valence-electron chi connectivity index (χ3n) is 2.21. The molecule has 0 saturated heterocycles. The molecule has 0 saturated carbocycles. The zero-order valence-electron chi connectivity index (χ0n) is 10.7. The van der Waals surface area contributed by atoms with Gasteiger partial charge < -0.3 is 10.6 Å². The lowest BCUT2D eigenvalue weighted by atomic mass is 10.4. The van der Waals surface area contributed by atoms with Crippen LogP contribution >= 0.6 is 11.3 Å². The average Bonchev–Trinajstić information content (AvgIpc) is 2.85. The summed E-state index contributed by atoms with van der Waals surface area (Å²) in [5.74, 6) is 0.426. The van der Waals surface area contributed by atoms with Crippen molar-refractivity contribution in [2.45, 2.75) is 20.4 Å². The van der Waals surface area contributed by atoms with Crippen LogP contribution < -0.4 is 10.6 Å². The van der Waals surface area contributed by atoms with Crippen molar-refractivity contribution in [2.24, 2.45) is 0 Å². The Morgan fingerprint density at radius 3 is 3.00 bits per heavy atom. The molecule has 7 nitrogen and oxygen atoms in total. The minimum Gasteiger partial charge on any atom is -0.360 e. The van der Waals surface area contributed by atoms with Crippen LogP contribution in [-0.4, -0.2) is 32.6 Å². The summed E-state index contributed by atoms with van der Waals surface area (Å²) >= 11 is 1.23. The number of hydrogen-bond acceptors (Lipinski definition) is 7.